The topological polar surface area (TPSA) is 61.4 Å². The van der Waals surface area contributed by atoms with Crippen LogP contribution in [0.15, 0.2) is 36.7 Å². The first-order valence-corrected chi connectivity index (χ1v) is 9.93. The quantitative estimate of drug-likeness (QED) is 0.791. The van der Waals surface area contributed by atoms with E-state index in [0.29, 0.717) is 18.3 Å². The fourth-order valence-electron chi connectivity index (χ4n) is 3.57. The predicted molar refractivity (Wildman–Crippen MR) is 108 cm³/mol. The minimum absolute atomic E-state index is 0.214. The summed E-state index contributed by atoms with van der Waals surface area (Å²) >= 11 is 0. The van der Waals surface area contributed by atoms with Crippen molar-refractivity contribution in [1.29, 1.82) is 0 Å². The molecule has 0 spiro atoms. The number of nitrogens with zero attached hydrogens (tertiary/aromatic N) is 4. The van der Waals surface area contributed by atoms with E-state index in [0.717, 1.165) is 50.4 Å². The number of hydrogen-bond donors (Lipinski definition) is 1. The van der Waals surface area contributed by atoms with Crippen molar-refractivity contribution in [3.8, 4) is 0 Å². The van der Waals surface area contributed by atoms with Crippen LogP contribution in [0, 0.1) is 5.82 Å². The maximum atomic E-state index is 12.9. The lowest BCUT2D eigenvalue weighted by Crippen LogP contribution is -2.43. The largest absolute Gasteiger partial charge is 0.342 e. The molecule has 0 saturated carbocycles. The van der Waals surface area contributed by atoms with Crippen LogP contribution < -0.4 is 5.32 Å². The van der Waals surface area contributed by atoms with Gasteiger partial charge in [0.05, 0.1) is 24.6 Å². The smallest absolute Gasteiger partial charge is 0.236 e. The van der Waals surface area contributed by atoms with Crippen molar-refractivity contribution in [2.75, 3.05) is 38.0 Å². The second-order valence-corrected chi connectivity index (χ2v) is 7.07. The van der Waals surface area contributed by atoms with E-state index in [9.17, 15) is 9.18 Å². The highest BCUT2D eigenvalue weighted by atomic mass is 19.1. The van der Waals surface area contributed by atoms with Gasteiger partial charge in [-0.1, -0.05) is 0 Å². The standard InChI is InChI=1S/C21H28FN5O/c1-3-27(4-2)21(28)15-26-11-9-16(10-12-26)19-7-6-18(14-23-19)25-20-8-5-17(22)13-24-20/h5-8,13-14,16H,3-4,9-12,15H2,1-2H3,(H,24,25). The van der Waals surface area contributed by atoms with Gasteiger partial charge in [-0.25, -0.2) is 9.37 Å². The summed E-state index contributed by atoms with van der Waals surface area (Å²) in [4.78, 5) is 25.0. The molecular weight excluding hydrogens is 357 g/mol. The van der Waals surface area contributed by atoms with Gasteiger partial charge in [0.2, 0.25) is 5.91 Å². The zero-order valence-electron chi connectivity index (χ0n) is 16.6. The fourth-order valence-corrected chi connectivity index (χ4v) is 3.57. The van der Waals surface area contributed by atoms with Crippen LogP contribution in [-0.2, 0) is 4.79 Å². The first-order chi connectivity index (χ1) is 13.6. The van der Waals surface area contributed by atoms with Gasteiger partial charge < -0.3 is 10.2 Å². The molecule has 0 atom stereocenters. The van der Waals surface area contributed by atoms with Crippen molar-refractivity contribution in [3.63, 3.8) is 0 Å². The minimum Gasteiger partial charge on any atom is -0.342 e. The first-order valence-electron chi connectivity index (χ1n) is 9.93. The van der Waals surface area contributed by atoms with Crippen molar-refractivity contribution in [1.82, 2.24) is 19.8 Å². The van der Waals surface area contributed by atoms with Crippen molar-refractivity contribution < 1.29 is 9.18 Å². The summed E-state index contributed by atoms with van der Waals surface area (Å²) in [5.41, 5.74) is 1.90. The van der Waals surface area contributed by atoms with Gasteiger partial charge in [0, 0.05) is 24.7 Å². The molecule has 1 aliphatic heterocycles. The molecule has 1 saturated heterocycles. The van der Waals surface area contributed by atoms with E-state index in [-0.39, 0.29) is 11.7 Å². The summed E-state index contributed by atoms with van der Waals surface area (Å²) in [7, 11) is 0. The van der Waals surface area contributed by atoms with Crippen LogP contribution in [0.4, 0.5) is 15.9 Å². The second kappa shape index (κ2) is 9.59. The maximum absolute atomic E-state index is 12.9. The Hall–Kier alpha value is -2.54. The number of hydrogen-bond acceptors (Lipinski definition) is 5. The monoisotopic (exact) mass is 385 g/mol. The van der Waals surface area contributed by atoms with Gasteiger partial charge in [0.25, 0.3) is 0 Å². The van der Waals surface area contributed by atoms with Gasteiger partial charge in [0.1, 0.15) is 11.6 Å². The Balaban J connectivity index is 1.50. The van der Waals surface area contributed by atoms with Gasteiger partial charge >= 0.3 is 0 Å². The van der Waals surface area contributed by atoms with Gasteiger partial charge in [0.15, 0.2) is 0 Å². The second-order valence-electron chi connectivity index (χ2n) is 7.07. The molecule has 7 heteroatoms. The number of carbonyl (C=O) groups is 1. The summed E-state index contributed by atoms with van der Waals surface area (Å²) in [5.74, 6) is 0.857. The zero-order valence-corrected chi connectivity index (χ0v) is 16.6. The number of rotatable bonds is 7. The van der Waals surface area contributed by atoms with Gasteiger partial charge in [-0.2, -0.15) is 0 Å². The Morgan fingerprint density at radius 2 is 1.89 bits per heavy atom. The first kappa shape index (κ1) is 20.2. The summed E-state index contributed by atoms with van der Waals surface area (Å²) in [6.45, 7) is 7.91. The highest BCUT2D eigenvalue weighted by molar-refractivity contribution is 5.78. The third kappa shape index (κ3) is 5.25. The minimum atomic E-state index is -0.357. The van der Waals surface area contributed by atoms with E-state index in [2.05, 4.69) is 20.2 Å². The molecule has 3 heterocycles. The molecular formula is C21H28FN5O. The molecule has 0 unspecified atom stereocenters. The molecule has 150 valence electrons. The molecule has 6 nitrogen and oxygen atoms in total. The van der Waals surface area contributed by atoms with Gasteiger partial charge in [-0.05, 0) is 64.0 Å². The summed E-state index contributed by atoms with van der Waals surface area (Å²) < 4.78 is 12.9. The van der Waals surface area contributed by atoms with E-state index in [1.807, 2.05) is 30.9 Å². The number of anilines is 2. The van der Waals surface area contributed by atoms with Crippen molar-refractivity contribution in [3.05, 3.63) is 48.2 Å². The van der Waals surface area contributed by atoms with Crippen LogP contribution in [0.2, 0.25) is 0 Å². The molecule has 0 radical (unpaired) electrons. The Kier molecular flexibility index (Phi) is 6.92. The highest BCUT2D eigenvalue weighted by Gasteiger charge is 2.24. The van der Waals surface area contributed by atoms with Crippen LogP contribution in [-0.4, -0.2) is 58.4 Å². The van der Waals surface area contributed by atoms with Crippen molar-refractivity contribution >= 4 is 17.4 Å². The molecule has 1 fully saturated rings. The molecule has 3 rings (SSSR count). The summed E-state index contributed by atoms with van der Waals surface area (Å²) in [5, 5.41) is 3.12. The van der Waals surface area contributed by atoms with E-state index in [4.69, 9.17) is 0 Å². The molecule has 1 N–H and O–H groups in total. The normalized spacial score (nSPS) is 15.4. The lowest BCUT2D eigenvalue weighted by atomic mass is 9.93. The van der Waals surface area contributed by atoms with Crippen molar-refractivity contribution in [2.45, 2.75) is 32.6 Å². The van der Waals surface area contributed by atoms with Crippen LogP contribution in [0.1, 0.15) is 38.3 Å². The Labute approximate surface area is 165 Å². The average molecular weight is 385 g/mol. The van der Waals surface area contributed by atoms with E-state index < -0.39 is 0 Å². The number of likely N-dealkylation sites (N-methyl/N-ethyl adjacent to an activating group) is 1. The van der Waals surface area contributed by atoms with Crippen LogP contribution in [0.5, 0.6) is 0 Å². The Bertz CT molecular complexity index is 753. The number of pyridine rings is 2. The van der Waals surface area contributed by atoms with Gasteiger partial charge in [-0.15, -0.1) is 0 Å². The number of piperidine rings is 1. The van der Waals surface area contributed by atoms with Crippen LogP contribution in [0.3, 0.4) is 0 Å². The molecule has 2 aromatic rings. The molecule has 28 heavy (non-hydrogen) atoms. The highest BCUT2D eigenvalue weighted by Crippen LogP contribution is 2.27. The zero-order chi connectivity index (χ0) is 19.9. The molecule has 0 aliphatic carbocycles. The number of nitrogens with one attached hydrogen (secondary N) is 1. The predicted octanol–water partition coefficient (Wildman–Crippen LogP) is 3.41. The number of likely N-dealkylation sites (tertiary alicyclic amines) is 1. The number of halogens is 1. The maximum Gasteiger partial charge on any atom is 0.236 e. The van der Waals surface area contributed by atoms with Crippen molar-refractivity contribution in [2.24, 2.45) is 0 Å². The number of carbonyl (C=O) groups excluding carboxylic acids is 1. The molecule has 0 bridgehead atoms. The lowest BCUT2D eigenvalue weighted by molar-refractivity contribution is -0.132. The third-order valence-corrected chi connectivity index (χ3v) is 5.27. The molecule has 0 aromatic carbocycles. The molecule has 1 amide bonds. The Morgan fingerprint density at radius 1 is 1.14 bits per heavy atom. The molecule has 1 aliphatic rings. The number of aromatic nitrogens is 2. The third-order valence-electron chi connectivity index (χ3n) is 5.27. The average Bonchev–Trinajstić information content (AvgIpc) is 2.72. The lowest BCUT2D eigenvalue weighted by Gasteiger charge is -2.32. The fraction of sp³-hybridized carbons (Fsp3) is 0.476. The van der Waals surface area contributed by atoms with E-state index in [1.165, 1.54) is 12.3 Å². The summed E-state index contributed by atoms with van der Waals surface area (Å²) in [6.07, 6.45) is 4.98. The van der Waals surface area contributed by atoms with Crippen LogP contribution in [0.25, 0.3) is 0 Å². The number of amides is 1. The van der Waals surface area contributed by atoms with Gasteiger partial charge in [-0.3, -0.25) is 14.7 Å². The van der Waals surface area contributed by atoms with E-state index >= 15 is 0 Å². The Morgan fingerprint density at radius 3 is 2.46 bits per heavy atom. The van der Waals surface area contributed by atoms with Crippen LogP contribution >= 0.6 is 0 Å². The summed E-state index contributed by atoms with van der Waals surface area (Å²) in [6, 6.07) is 6.98. The van der Waals surface area contributed by atoms with E-state index in [1.54, 1.807) is 12.3 Å². The SMILES string of the molecule is CCN(CC)C(=O)CN1CCC(c2ccc(Nc3ccc(F)cn3)cn2)CC1. The molecule has 2 aromatic heterocycles.